The summed E-state index contributed by atoms with van der Waals surface area (Å²) in [6, 6.07) is 4.17. The zero-order valence-corrected chi connectivity index (χ0v) is 12.9. The molecule has 4 unspecified atom stereocenters. The Labute approximate surface area is 127 Å². The molecule has 0 bridgehead atoms. The summed E-state index contributed by atoms with van der Waals surface area (Å²) in [6.07, 6.45) is 13.8. The lowest BCUT2D eigenvalue weighted by Gasteiger charge is -2.39. The molecule has 2 fully saturated rings. The van der Waals surface area contributed by atoms with Crippen molar-refractivity contribution in [3.05, 3.63) is 23.7 Å². The van der Waals surface area contributed by atoms with E-state index in [9.17, 15) is 0 Å². The molecular weight excluding hydrogens is 260 g/mol. The quantitative estimate of drug-likeness (QED) is 0.893. The second-order valence-electron chi connectivity index (χ2n) is 7.17. The molecule has 21 heavy (non-hydrogen) atoms. The molecule has 2 heterocycles. The third kappa shape index (κ3) is 2.78. The fourth-order valence-corrected chi connectivity index (χ4v) is 4.84. The van der Waals surface area contributed by atoms with E-state index < -0.39 is 0 Å². The molecule has 0 amide bonds. The Kier molecular flexibility index (Phi) is 4.04. The van der Waals surface area contributed by atoms with Crippen LogP contribution >= 0.6 is 0 Å². The SMILES string of the molecule is c1cc2c(o1)CCCC2NC1CCCCC1C1CCCN1. The zero-order valence-electron chi connectivity index (χ0n) is 12.9. The van der Waals surface area contributed by atoms with Crippen molar-refractivity contribution in [3.63, 3.8) is 0 Å². The summed E-state index contributed by atoms with van der Waals surface area (Å²) in [5, 5.41) is 7.78. The van der Waals surface area contributed by atoms with Gasteiger partial charge in [-0.2, -0.15) is 0 Å². The molecule has 3 nitrogen and oxygen atoms in total. The maximum absolute atomic E-state index is 5.65. The highest BCUT2D eigenvalue weighted by Crippen LogP contribution is 2.35. The third-order valence-corrected chi connectivity index (χ3v) is 5.90. The van der Waals surface area contributed by atoms with E-state index in [2.05, 4.69) is 16.7 Å². The Hall–Kier alpha value is -0.800. The van der Waals surface area contributed by atoms with Gasteiger partial charge < -0.3 is 15.1 Å². The molecule has 3 heteroatoms. The second-order valence-corrected chi connectivity index (χ2v) is 7.17. The van der Waals surface area contributed by atoms with Gasteiger partial charge in [-0.15, -0.1) is 0 Å². The molecule has 2 aliphatic carbocycles. The number of hydrogen-bond acceptors (Lipinski definition) is 3. The van der Waals surface area contributed by atoms with Crippen LogP contribution in [0.1, 0.15) is 68.7 Å². The van der Waals surface area contributed by atoms with E-state index in [-0.39, 0.29) is 0 Å². The highest BCUT2D eigenvalue weighted by atomic mass is 16.3. The minimum absolute atomic E-state index is 0.527. The van der Waals surface area contributed by atoms with Crippen LogP contribution in [0.25, 0.3) is 0 Å². The molecule has 1 saturated carbocycles. The van der Waals surface area contributed by atoms with Crippen LogP contribution in [0.2, 0.25) is 0 Å². The molecule has 0 radical (unpaired) electrons. The smallest absolute Gasteiger partial charge is 0.108 e. The van der Waals surface area contributed by atoms with E-state index in [1.54, 1.807) is 0 Å². The lowest BCUT2D eigenvalue weighted by molar-refractivity contribution is 0.194. The predicted octanol–water partition coefficient (Wildman–Crippen LogP) is 3.56. The van der Waals surface area contributed by atoms with E-state index in [4.69, 9.17) is 4.42 Å². The van der Waals surface area contributed by atoms with Gasteiger partial charge in [0.1, 0.15) is 5.76 Å². The van der Waals surface area contributed by atoms with Crippen molar-refractivity contribution in [3.8, 4) is 0 Å². The van der Waals surface area contributed by atoms with Gasteiger partial charge in [0, 0.05) is 30.1 Å². The minimum atomic E-state index is 0.527. The second kappa shape index (κ2) is 6.13. The van der Waals surface area contributed by atoms with Crippen molar-refractivity contribution >= 4 is 0 Å². The van der Waals surface area contributed by atoms with Crippen LogP contribution in [-0.2, 0) is 6.42 Å². The van der Waals surface area contributed by atoms with Crippen molar-refractivity contribution in [2.75, 3.05) is 6.54 Å². The largest absolute Gasteiger partial charge is 0.469 e. The summed E-state index contributed by atoms with van der Waals surface area (Å²) in [7, 11) is 0. The van der Waals surface area contributed by atoms with Crippen LogP contribution in [0.15, 0.2) is 16.7 Å². The number of rotatable bonds is 3. The van der Waals surface area contributed by atoms with Gasteiger partial charge >= 0.3 is 0 Å². The van der Waals surface area contributed by atoms with Crippen molar-refractivity contribution in [2.24, 2.45) is 5.92 Å². The van der Waals surface area contributed by atoms with Crippen LogP contribution in [0.4, 0.5) is 0 Å². The number of hydrogen-bond donors (Lipinski definition) is 2. The Morgan fingerprint density at radius 2 is 2.00 bits per heavy atom. The van der Waals surface area contributed by atoms with Crippen molar-refractivity contribution in [1.82, 2.24) is 10.6 Å². The Morgan fingerprint density at radius 1 is 1.05 bits per heavy atom. The van der Waals surface area contributed by atoms with E-state index in [0.717, 1.165) is 18.4 Å². The molecule has 0 aromatic carbocycles. The van der Waals surface area contributed by atoms with Crippen LogP contribution in [0, 0.1) is 5.92 Å². The molecule has 1 aromatic rings. The summed E-state index contributed by atoms with van der Waals surface area (Å²) < 4.78 is 5.65. The van der Waals surface area contributed by atoms with Gasteiger partial charge in [-0.1, -0.05) is 12.8 Å². The fraction of sp³-hybridized carbons (Fsp3) is 0.778. The summed E-state index contributed by atoms with van der Waals surface area (Å²) in [6.45, 7) is 1.23. The highest BCUT2D eigenvalue weighted by Gasteiger charge is 2.35. The number of nitrogens with one attached hydrogen (secondary N) is 2. The van der Waals surface area contributed by atoms with Crippen molar-refractivity contribution in [1.29, 1.82) is 0 Å². The van der Waals surface area contributed by atoms with Gasteiger partial charge in [0.25, 0.3) is 0 Å². The van der Waals surface area contributed by atoms with Crippen molar-refractivity contribution < 1.29 is 4.42 Å². The number of furan rings is 1. The van der Waals surface area contributed by atoms with Gasteiger partial charge in [0.2, 0.25) is 0 Å². The van der Waals surface area contributed by atoms with Crippen LogP contribution in [0.5, 0.6) is 0 Å². The average molecular weight is 288 g/mol. The Balaban J connectivity index is 1.47. The van der Waals surface area contributed by atoms with Gasteiger partial charge in [-0.05, 0) is 57.1 Å². The van der Waals surface area contributed by atoms with Crippen LogP contribution < -0.4 is 10.6 Å². The monoisotopic (exact) mass is 288 g/mol. The molecule has 1 aliphatic heterocycles. The van der Waals surface area contributed by atoms with Crippen molar-refractivity contribution in [2.45, 2.75) is 75.9 Å². The molecule has 2 N–H and O–H groups in total. The van der Waals surface area contributed by atoms with Gasteiger partial charge in [0.05, 0.1) is 6.26 Å². The Bertz CT molecular complexity index is 464. The van der Waals surface area contributed by atoms with Gasteiger partial charge in [-0.3, -0.25) is 0 Å². The molecule has 3 aliphatic rings. The maximum atomic E-state index is 5.65. The first kappa shape index (κ1) is 13.8. The zero-order chi connectivity index (χ0) is 14.1. The maximum Gasteiger partial charge on any atom is 0.108 e. The molecule has 0 spiro atoms. The standard InChI is InChI=1S/C18H28N2O/c1-2-6-16(13(5-1)15-8-4-11-19-15)20-17-7-3-9-18-14(17)10-12-21-18/h10,12-13,15-17,19-20H,1-9,11H2. The molecule has 1 saturated heterocycles. The molecule has 4 atom stereocenters. The number of aryl methyl sites for hydroxylation is 1. The summed E-state index contributed by atoms with van der Waals surface area (Å²) >= 11 is 0. The Morgan fingerprint density at radius 3 is 2.90 bits per heavy atom. The highest BCUT2D eigenvalue weighted by molar-refractivity contribution is 5.24. The average Bonchev–Trinajstić information content (AvgIpc) is 3.20. The summed E-state index contributed by atoms with van der Waals surface area (Å²) in [4.78, 5) is 0. The number of fused-ring (bicyclic) bond motifs is 1. The van der Waals surface area contributed by atoms with Gasteiger partial charge in [-0.25, -0.2) is 0 Å². The summed E-state index contributed by atoms with van der Waals surface area (Å²) in [5.41, 5.74) is 1.44. The van der Waals surface area contributed by atoms with E-state index in [0.29, 0.717) is 12.1 Å². The minimum Gasteiger partial charge on any atom is -0.469 e. The van der Waals surface area contributed by atoms with Crippen LogP contribution in [0.3, 0.4) is 0 Å². The fourth-order valence-electron chi connectivity index (χ4n) is 4.84. The first-order chi connectivity index (χ1) is 10.4. The van der Waals surface area contributed by atoms with E-state index >= 15 is 0 Å². The molecule has 4 rings (SSSR count). The van der Waals surface area contributed by atoms with E-state index in [1.807, 2.05) is 6.26 Å². The van der Waals surface area contributed by atoms with Gasteiger partial charge in [0.15, 0.2) is 0 Å². The molecule has 116 valence electrons. The van der Waals surface area contributed by atoms with Crippen LogP contribution in [-0.4, -0.2) is 18.6 Å². The predicted molar refractivity (Wildman–Crippen MR) is 84.3 cm³/mol. The first-order valence-electron chi connectivity index (χ1n) is 8.97. The van der Waals surface area contributed by atoms with E-state index in [1.165, 1.54) is 69.2 Å². The normalized spacial score (nSPS) is 36.6. The topological polar surface area (TPSA) is 37.2 Å². The lowest BCUT2D eigenvalue weighted by Crippen LogP contribution is -2.48. The summed E-state index contributed by atoms with van der Waals surface area (Å²) in [5.74, 6) is 2.06. The first-order valence-corrected chi connectivity index (χ1v) is 8.97. The lowest BCUT2D eigenvalue weighted by atomic mass is 9.78. The molecular formula is C18H28N2O. The molecule has 1 aromatic heterocycles. The third-order valence-electron chi connectivity index (χ3n) is 5.90.